The maximum Gasteiger partial charge on any atom is 0.166 e. The van der Waals surface area contributed by atoms with Gasteiger partial charge in [0.15, 0.2) is 6.29 Å². The van der Waals surface area contributed by atoms with Gasteiger partial charge in [-0.15, -0.1) is 0 Å². The molecule has 0 aromatic rings. The summed E-state index contributed by atoms with van der Waals surface area (Å²) >= 11 is 0. The van der Waals surface area contributed by atoms with Crippen LogP contribution in [0.25, 0.3) is 0 Å². The van der Waals surface area contributed by atoms with Crippen molar-refractivity contribution in [3.05, 3.63) is 0 Å². The van der Waals surface area contributed by atoms with Gasteiger partial charge in [-0.1, -0.05) is 6.92 Å². The van der Waals surface area contributed by atoms with Crippen molar-refractivity contribution in [3.63, 3.8) is 0 Å². The predicted octanol–water partition coefficient (Wildman–Crippen LogP) is 0.194. The molecule has 1 saturated heterocycles. The Morgan fingerprint density at radius 1 is 1.56 bits per heavy atom. The van der Waals surface area contributed by atoms with Crippen molar-refractivity contribution >= 4 is 6.29 Å². The molecule has 0 bridgehead atoms. The van der Waals surface area contributed by atoms with Gasteiger partial charge >= 0.3 is 0 Å². The van der Waals surface area contributed by atoms with Crippen LogP contribution in [0.4, 0.5) is 0 Å². The molecule has 1 rings (SSSR count). The molecule has 52 valence electrons. The average molecular weight is 130 g/mol. The van der Waals surface area contributed by atoms with Crippen LogP contribution in [0.5, 0.6) is 0 Å². The lowest BCUT2D eigenvalue weighted by Crippen LogP contribution is -2.19. The number of ether oxygens (including phenoxy) is 2. The SMILES string of the molecule is C[C@H](C=O)C1OCCO1. The van der Waals surface area contributed by atoms with E-state index < -0.39 is 0 Å². The van der Waals surface area contributed by atoms with Crippen molar-refractivity contribution < 1.29 is 14.3 Å². The molecule has 1 atom stereocenters. The fraction of sp³-hybridized carbons (Fsp3) is 0.833. The Labute approximate surface area is 53.9 Å². The van der Waals surface area contributed by atoms with Gasteiger partial charge in [0, 0.05) is 0 Å². The van der Waals surface area contributed by atoms with Crippen LogP contribution in [0.3, 0.4) is 0 Å². The molecule has 1 heterocycles. The number of hydrogen-bond donors (Lipinski definition) is 0. The van der Waals surface area contributed by atoms with Crippen molar-refractivity contribution in [1.82, 2.24) is 0 Å². The highest BCUT2D eigenvalue weighted by molar-refractivity contribution is 5.53. The van der Waals surface area contributed by atoms with E-state index in [0.717, 1.165) is 6.29 Å². The van der Waals surface area contributed by atoms with Gasteiger partial charge in [0.2, 0.25) is 0 Å². The molecule has 3 heteroatoms. The molecule has 3 nitrogen and oxygen atoms in total. The third-order valence-corrected chi connectivity index (χ3v) is 1.29. The van der Waals surface area contributed by atoms with Crippen LogP contribution in [-0.4, -0.2) is 25.8 Å². The normalized spacial score (nSPS) is 24.1. The zero-order chi connectivity index (χ0) is 6.69. The molecular formula is C6H10O3. The third kappa shape index (κ3) is 1.50. The molecule has 0 amide bonds. The molecule has 1 fully saturated rings. The van der Waals surface area contributed by atoms with E-state index >= 15 is 0 Å². The molecule has 0 saturated carbocycles. The van der Waals surface area contributed by atoms with Crippen LogP contribution < -0.4 is 0 Å². The van der Waals surface area contributed by atoms with Crippen LogP contribution in [0.15, 0.2) is 0 Å². The zero-order valence-electron chi connectivity index (χ0n) is 5.37. The summed E-state index contributed by atoms with van der Waals surface area (Å²) in [5.41, 5.74) is 0. The van der Waals surface area contributed by atoms with Gasteiger partial charge in [-0.25, -0.2) is 0 Å². The first-order valence-corrected chi connectivity index (χ1v) is 3.03. The van der Waals surface area contributed by atoms with Crippen LogP contribution in [0.1, 0.15) is 6.92 Å². The third-order valence-electron chi connectivity index (χ3n) is 1.29. The minimum atomic E-state index is -0.289. The summed E-state index contributed by atoms with van der Waals surface area (Å²) in [6.07, 6.45) is 0.554. The van der Waals surface area contributed by atoms with Crippen molar-refractivity contribution in [1.29, 1.82) is 0 Å². The first kappa shape index (κ1) is 6.71. The number of aldehydes is 1. The van der Waals surface area contributed by atoms with Crippen molar-refractivity contribution in [2.45, 2.75) is 13.2 Å². The highest BCUT2D eigenvalue weighted by atomic mass is 16.7. The molecule has 0 aromatic carbocycles. The minimum absolute atomic E-state index is 0.132. The maximum absolute atomic E-state index is 10.1. The summed E-state index contributed by atoms with van der Waals surface area (Å²) in [5, 5.41) is 0. The minimum Gasteiger partial charge on any atom is -0.350 e. The van der Waals surface area contributed by atoms with E-state index in [0.29, 0.717) is 13.2 Å². The van der Waals surface area contributed by atoms with Crippen LogP contribution in [0.2, 0.25) is 0 Å². The predicted molar refractivity (Wildman–Crippen MR) is 30.9 cm³/mol. The van der Waals surface area contributed by atoms with E-state index in [2.05, 4.69) is 0 Å². The van der Waals surface area contributed by atoms with E-state index in [1.165, 1.54) is 0 Å². The van der Waals surface area contributed by atoms with E-state index in [1.54, 1.807) is 6.92 Å². The van der Waals surface area contributed by atoms with Gasteiger partial charge in [-0.3, -0.25) is 0 Å². The van der Waals surface area contributed by atoms with E-state index in [9.17, 15) is 4.79 Å². The summed E-state index contributed by atoms with van der Waals surface area (Å²) in [5.74, 6) is -0.132. The number of rotatable bonds is 2. The van der Waals surface area contributed by atoms with Gasteiger partial charge in [-0.05, 0) is 0 Å². The summed E-state index contributed by atoms with van der Waals surface area (Å²) in [6, 6.07) is 0. The van der Waals surface area contributed by atoms with Gasteiger partial charge in [0.05, 0.1) is 19.1 Å². The molecule has 1 aliphatic rings. The lowest BCUT2D eigenvalue weighted by atomic mass is 10.2. The molecule has 0 aromatic heterocycles. The molecule has 0 radical (unpaired) electrons. The molecule has 9 heavy (non-hydrogen) atoms. The standard InChI is InChI=1S/C6H10O3/c1-5(4-7)6-8-2-3-9-6/h4-6H,2-3H2,1H3/t5-/m1/s1. The van der Waals surface area contributed by atoms with Crippen LogP contribution in [0, 0.1) is 5.92 Å². The second-order valence-corrected chi connectivity index (χ2v) is 2.11. The van der Waals surface area contributed by atoms with Gasteiger partial charge < -0.3 is 14.3 Å². The number of carbonyl (C=O) groups is 1. The summed E-state index contributed by atoms with van der Waals surface area (Å²) in [4.78, 5) is 10.1. The van der Waals surface area contributed by atoms with Crippen LogP contribution in [-0.2, 0) is 14.3 Å². The summed E-state index contributed by atoms with van der Waals surface area (Å²) in [7, 11) is 0. The molecular weight excluding hydrogens is 120 g/mol. The van der Waals surface area contributed by atoms with E-state index in [1.807, 2.05) is 0 Å². The highest BCUT2D eigenvalue weighted by Gasteiger charge is 2.21. The maximum atomic E-state index is 10.1. The Morgan fingerprint density at radius 2 is 2.11 bits per heavy atom. The molecule has 0 N–H and O–H groups in total. The second kappa shape index (κ2) is 2.94. The first-order chi connectivity index (χ1) is 4.34. The summed E-state index contributed by atoms with van der Waals surface area (Å²) < 4.78 is 10.1. The fourth-order valence-corrected chi connectivity index (χ4v) is 0.744. The lowest BCUT2D eigenvalue weighted by Gasteiger charge is -2.10. The van der Waals surface area contributed by atoms with Gasteiger partial charge in [-0.2, -0.15) is 0 Å². The fourth-order valence-electron chi connectivity index (χ4n) is 0.744. The zero-order valence-corrected chi connectivity index (χ0v) is 5.37. The Morgan fingerprint density at radius 3 is 2.56 bits per heavy atom. The average Bonchev–Trinajstić information content (AvgIpc) is 2.37. The second-order valence-electron chi connectivity index (χ2n) is 2.11. The van der Waals surface area contributed by atoms with Gasteiger partial charge in [0.1, 0.15) is 6.29 Å². The Hall–Kier alpha value is -0.410. The summed E-state index contributed by atoms with van der Waals surface area (Å²) in [6.45, 7) is 3.01. The molecule has 0 unspecified atom stereocenters. The number of carbonyl (C=O) groups excluding carboxylic acids is 1. The van der Waals surface area contributed by atoms with E-state index in [4.69, 9.17) is 9.47 Å². The lowest BCUT2D eigenvalue weighted by molar-refractivity contribution is -0.125. The molecule has 0 aliphatic carbocycles. The van der Waals surface area contributed by atoms with Crippen molar-refractivity contribution in [2.24, 2.45) is 5.92 Å². The van der Waals surface area contributed by atoms with Crippen LogP contribution >= 0.6 is 0 Å². The largest absolute Gasteiger partial charge is 0.350 e. The Bertz CT molecular complexity index is 96.5. The Kier molecular flexibility index (Phi) is 2.19. The first-order valence-electron chi connectivity index (χ1n) is 3.03. The number of hydrogen-bond acceptors (Lipinski definition) is 3. The monoisotopic (exact) mass is 130 g/mol. The smallest absolute Gasteiger partial charge is 0.166 e. The van der Waals surface area contributed by atoms with Crippen molar-refractivity contribution in [3.8, 4) is 0 Å². The molecule has 1 aliphatic heterocycles. The quantitative estimate of drug-likeness (QED) is 0.501. The Balaban J connectivity index is 2.32. The van der Waals surface area contributed by atoms with Crippen molar-refractivity contribution in [2.75, 3.05) is 13.2 Å². The highest BCUT2D eigenvalue weighted by Crippen LogP contribution is 2.11. The van der Waals surface area contributed by atoms with Gasteiger partial charge in [0.25, 0.3) is 0 Å². The van der Waals surface area contributed by atoms with E-state index in [-0.39, 0.29) is 12.2 Å². The topological polar surface area (TPSA) is 35.5 Å². The molecule has 0 spiro atoms.